The zero-order valence-electron chi connectivity index (χ0n) is 19.1. The number of halogens is 1. The number of benzene rings is 1. The Bertz CT molecular complexity index is 1130. The van der Waals surface area contributed by atoms with Gasteiger partial charge in [0.25, 0.3) is 0 Å². The summed E-state index contributed by atoms with van der Waals surface area (Å²) >= 11 is 0. The Morgan fingerprint density at radius 2 is 2.00 bits per heavy atom. The second kappa shape index (κ2) is 9.44. The van der Waals surface area contributed by atoms with Crippen molar-refractivity contribution in [2.75, 3.05) is 56.7 Å². The van der Waals surface area contributed by atoms with E-state index in [4.69, 9.17) is 19.4 Å². The molecule has 4 heterocycles. The summed E-state index contributed by atoms with van der Waals surface area (Å²) in [5.74, 6) is 1.94. The minimum absolute atomic E-state index is 0.231. The second-order valence-corrected chi connectivity index (χ2v) is 8.64. The fraction of sp³-hybridized carbons (Fsp3) is 0.458. The van der Waals surface area contributed by atoms with Crippen LogP contribution in [0.2, 0.25) is 0 Å². The number of nitrogens with one attached hydrogen (secondary N) is 1. The van der Waals surface area contributed by atoms with Crippen LogP contribution in [0.25, 0.3) is 11.0 Å². The van der Waals surface area contributed by atoms with E-state index in [2.05, 4.69) is 20.1 Å². The van der Waals surface area contributed by atoms with Gasteiger partial charge in [-0.3, -0.25) is 9.88 Å². The van der Waals surface area contributed by atoms with E-state index in [-0.39, 0.29) is 11.9 Å². The van der Waals surface area contributed by atoms with Crippen LogP contribution in [0.5, 0.6) is 5.75 Å². The number of rotatable bonds is 6. The van der Waals surface area contributed by atoms with Gasteiger partial charge < -0.3 is 19.7 Å². The summed E-state index contributed by atoms with van der Waals surface area (Å²) < 4.78 is 25.0. The predicted molar refractivity (Wildman–Crippen MR) is 125 cm³/mol. The van der Waals surface area contributed by atoms with Crippen molar-refractivity contribution in [3.8, 4) is 5.75 Å². The van der Waals surface area contributed by atoms with Crippen LogP contribution in [-0.2, 0) is 11.3 Å². The van der Waals surface area contributed by atoms with Crippen LogP contribution in [0.3, 0.4) is 0 Å². The second-order valence-electron chi connectivity index (χ2n) is 8.64. The molecule has 0 unspecified atom stereocenters. The number of pyridine rings is 1. The Morgan fingerprint density at radius 1 is 1.15 bits per heavy atom. The zero-order valence-corrected chi connectivity index (χ0v) is 19.1. The van der Waals surface area contributed by atoms with Crippen molar-refractivity contribution in [1.29, 1.82) is 0 Å². The topological polar surface area (TPSA) is 75.6 Å². The largest absolute Gasteiger partial charge is 0.497 e. The molecule has 0 spiro atoms. The maximum atomic E-state index is 14.4. The van der Waals surface area contributed by atoms with Crippen LogP contribution in [0.4, 0.5) is 16.0 Å². The summed E-state index contributed by atoms with van der Waals surface area (Å²) in [5, 5.41) is 3.55. The molecule has 5 rings (SSSR count). The molecule has 174 valence electrons. The zero-order chi connectivity index (χ0) is 22.8. The SMILES string of the molecule is COc1ccc(CN2CCN(c3nc4cnc(C)cc4nc3N[C@@H]3CCOC3)CC2)c(F)c1. The van der Waals surface area contributed by atoms with Crippen LogP contribution in [0, 0.1) is 12.7 Å². The molecule has 9 heteroatoms. The molecule has 3 aromatic rings. The van der Waals surface area contributed by atoms with E-state index in [1.54, 1.807) is 25.4 Å². The number of anilines is 2. The first-order valence-corrected chi connectivity index (χ1v) is 11.4. The van der Waals surface area contributed by atoms with Gasteiger partial charge in [-0.2, -0.15) is 0 Å². The Morgan fingerprint density at radius 3 is 2.73 bits per heavy atom. The van der Waals surface area contributed by atoms with Crippen molar-refractivity contribution in [3.63, 3.8) is 0 Å². The number of aromatic nitrogens is 3. The minimum atomic E-state index is -0.231. The smallest absolute Gasteiger partial charge is 0.172 e. The average Bonchev–Trinajstić information content (AvgIpc) is 3.33. The van der Waals surface area contributed by atoms with Gasteiger partial charge >= 0.3 is 0 Å². The standard InChI is InChI=1S/C24H29FN6O2/c1-16-11-21-22(13-26-16)29-24(23(28-21)27-18-5-10-33-15-18)31-8-6-30(7-9-31)14-17-3-4-19(32-2)12-20(17)25/h3-4,11-13,18H,5-10,14-15H2,1-2H3,(H,27,28)/t18-/m1/s1. The summed E-state index contributed by atoms with van der Waals surface area (Å²) in [5.41, 5.74) is 3.21. The van der Waals surface area contributed by atoms with Crippen LogP contribution in [0.15, 0.2) is 30.5 Å². The van der Waals surface area contributed by atoms with E-state index in [1.165, 1.54) is 6.07 Å². The molecule has 0 aliphatic carbocycles. The van der Waals surface area contributed by atoms with Crippen molar-refractivity contribution in [3.05, 3.63) is 47.5 Å². The number of methoxy groups -OCH3 is 1. The van der Waals surface area contributed by atoms with E-state index in [0.717, 1.165) is 67.6 Å². The highest BCUT2D eigenvalue weighted by Gasteiger charge is 2.25. The molecular formula is C24H29FN6O2. The molecule has 2 aliphatic rings. The fourth-order valence-corrected chi connectivity index (χ4v) is 4.35. The lowest BCUT2D eigenvalue weighted by molar-refractivity contribution is 0.195. The molecule has 1 N–H and O–H groups in total. The normalized spacial score (nSPS) is 19.2. The summed E-state index contributed by atoms with van der Waals surface area (Å²) in [6, 6.07) is 7.24. The quantitative estimate of drug-likeness (QED) is 0.612. The lowest BCUT2D eigenvalue weighted by Crippen LogP contribution is -2.46. The third-order valence-corrected chi connectivity index (χ3v) is 6.27. The van der Waals surface area contributed by atoms with Crippen molar-refractivity contribution in [2.24, 2.45) is 0 Å². The lowest BCUT2D eigenvalue weighted by atomic mass is 10.1. The van der Waals surface area contributed by atoms with E-state index in [1.807, 2.05) is 13.0 Å². The summed E-state index contributed by atoms with van der Waals surface area (Å²) in [6.45, 7) is 7.15. The van der Waals surface area contributed by atoms with Crippen LogP contribution in [-0.4, -0.2) is 72.4 Å². The molecule has 2 saturated heterocycles. The van der Waals surface area contributed by atoms with Gasteiger partial charge in [0.2, 0.25) is 0 Å². The van der Waals surface area contributed by atoms with E-state index >= 15 is 0 Å². The lowest BCUT2D eigenvalue weighted by Gasteiger charge is -2.36. The Balaban J connectivity index is 1.33. The highest BCUT2D eigenvalue weighted by molar-refractivity contribution is 5.80. The highest BCUT2D eigenvalue weighted by Crippen LogP contribution is 2.28. The van der Waals surface area contributed by atoms with Gasteiger partial charge in [-0.15, -0.1) is 0 Å². The molecule has 2 fully saturated rings. The Kier molecular flexibility index (Phi) is 6.24. The molecule has 0 amide bonds. The third-order valence-electron chi connectivity index (χ3n) is 6.27. The van der Waals surface area contributed by atoms with E-state index in [0.29, 0.717) is 24.5 Å². The molecule has 0 radical (unpaired) electrons. The average molecular weight is 453 g/mol. The molecule has 0 bridgehead atoms. The van der Waals surface area contributed by atoms with Crippen LogP contribution in [0.1, 0.15) is 17.7 Å². The van der Waals surface area contributed by atoms with Gasteiger partial charge in [0.1, 0.15) is 17.1 Å². The van der Waals surface area contributed by atoms with E-state index in [9.17, 15) is 4.39 Å². The Hall–Kier alpha value is -3.04. The number of hydrogen-bond acceptors (Lipinski definition) is 8. The highest BCUT2D eigenvalue weighted by atomic mass is 19.1. The Labute approximate surface area is 192 Å². The van der Waals surface area contributed by atoms with Gasteiger partial charge in [-0.05, 0) is 25.5 Å². The molecule has 1 aromatic carbocycles. The number of aryl methyl sites for hydroxylation is 1. The number of hydrogen-bond donors (Lipinski definition) is 1. The van der Waals surface area contributed by atoms with Gasteiger partial charge in [0.05, 0.1) is 31.5 Å². The molecule has 8 nitrogen and oxygen atoms in total. The van der Waals surface area contributed by atoms with Gasteiger partial charge in [0.15, 0.2) is 11.6 Å². The van der Waals surface area contributed by atoms with Crippen LogP contribution >= 0.6 is 0 Å². The molecule has 2 aliphatic heterocycles. The van der Waals surface area contributed by atoms with Gasteiger partial charge in [0, 0.05) is 56.7 Å². The maximum absolute atomic E-state index is 14.4. The number of fused-ring (bicyclic) bond motifs is 1. The first-order valence-electron chi connectivity index (χ1n) is 11.4. The summed E-state index contributed by atoms with van der Waals surface area (Å²) in [6.07, 6.45) is 2.74. The minimum Gasteiger partial charge on any atom is -0.497 e. The van der Waals surface area contributed by atoms with Crippen molar-refractivity contribution in [1.82, 2.24) is 19.9 Å². The monoisotopic (exact) mass is 452 g/mol. The van der Waals surface area contributed by atoms with Crippen molar-refractivity contribution < 1.29 is 13.9 Å². The number of ether oxygens (including phenoxy) is 2. The number of nitrogens with zero attached hydrogens (tertiary/aromatic N) is 5. The van der Waals surface area contributed by atoms with Crippen molar-refractivity contribution >= 4 is 22.7 Å². The van der Waals surface area contributed by atoms with Gasteiger partial charge in [-0.25, -0.2) is 14.4 Å². The fourth-order valence-electron chi connectivity index (χ4n) is 4.35. The molecule has 33 heavy (non-hydrogen) atoms. The summed E-state index contributed by atoms with van der Waals surface area (Å²) in [7, 11) is 1.55. The molecule has 2 aromatic heterocycles. The third kappa shape index (κ3) is 4.84. The van der Waals surface area contributed by atoms with E-state index < -0.39 is 0 Å². The van der Waals surface area contributed by atoms with Crippen molar-refractivity contribution in [2.45, 2.75) is 25.9 Å². The molecule has 1 atom stereocenters. The molecular weight excluding hydrogens is 423 g/mol. The number of piperazine rings is 1. The first kappa shape index (κ1) is 21.8. The first-order chi connectivity index (χ1) is 16.1. The summed E-state index contributed by atoms with van der Waals surface area (Å²) in [4.78, 5) is 18.7. The predicted octanol–water partition coefficient (Wildman–Crippen LogP) is 3.00. The molecule has 0 saturated carbocycles. The van der Waals surface area contributed by atoms with Crippen LogP contribution < -0.4 is 15.0 Å². The maximum Gasteiger partial charge on any atom is 0.172 e. The van der Waals surface area contributed by atoms with Gasteiger partial charge in [-0.1, -0.05) is 6.07 Å².